The van der Waals surface area contributed by atoms with Crippen molar-refractivity contribution in [2.24, 2.45) is 0 Å². The Balaban J connectivity index is 1.59. The van der Waals surface area contributed by atoms with Crippen molar-refractivity contribution in [3.8, 4) is 0 Å². The number of aromatic nitrogens is 2. The molecule has 176 valence electrons. The van der Waals surface area contributed by atoms with Gasteiger partial charge in [0.1, 0.15) is 10.7 Å². The minimum atomic E-state index is -3.78. The number of amides is 1. The van der Waals surface area contributed by atoms with E-state index in [9.17, 15) is 13.2 Å². The third-order valence-electron chi connectivity index (χ3n) is 6.11. The molecule has 3 aromatic rings. The van der Waals surface area contributed by atoms with E-state index in [1.807, 2.05) is 38.1 Å². The van der Waals surface area contributed by atoms with Gasteiger partial charge in [-0.15, -0.1) is 0 Å². The summed E-state index contributed by atoms with van der Waals surface area (Å²) >= 11 is 6.28. The average Bonchev–Trinajstić information content (AvgIpc) is 2.96. The highest BCUT2D eigenvalue weighted by molar-refractivity contribution is 7.89. The topological polar surface area (TPSA) is 84.3 Å². The van der Waals surface area contributed by atoms with E-state index in [0.717, 1.165) is 49.1 Å². The van der Waals surface area contributed by atoms with Crippen LogP contribution in [0.2, 0.25) is 5.02 Å². The molecule has 1 aromatic heterocycles. The highest BCUT2D eigenvalue weighted by Crippen LogP contribution is 2.28. The van der Waals surface area contributed by atoms with Gasteiger partial charge in [0.25, 0.3) is 5.91 Å². The molecule has 33 heavy (non-hydrogen) atoms. The number of nitrogens with zero attached hydrogens (tertiary/aromatic N) is 3. The first-order chi connectivity index (χ1) is 15.8. The van der Waals surface area contributed by atoms with E-state index in [1.54, 1.807) is 6.07 Å². The van der Waals surface area contributed by atoms with Gasteiger partial charge in [-0.2, -0.15) is 4.31 Å². The average molecular weight is 489 g/mol. The fourth-order valence-electron chi connectivity index (χ4n) is 4.36. The number of hydrogen-bond donors (Lipinski definition) is 1. The first kappa shape index (κ1) is 23.7. The fourth-order valence-corrected chi connectivity index (χ4v) is 6.38. The van der Waals surface area contributed by atoms with Crippen LogP contribution in [0.4, 0.5) is 0 Å². The Bertz CT molecular complexity index is 1260. The molecule has 1 amide bonds. The van der Waals surface area contributed by atoms with E-state index < -0.39 is 10.0 Å². The van der Waals surface area contributed by atoms with Gasteiger partial charge in [-0.1, -0.05) is 36.6 Å². The summed E-state index contributed by atoms with van der Waals surface area (Å²) in [6, 6.07) is 11.9. The summed E-state index contributed by atoms with van der Waals surface area (Å²) in [7, 11) is -3.78. The summed E-state index contributed by atoms with van der Waals surface area (Å²) in [5, 5.41) is 3.08. The van der Waals surface area contributed by atoms with Gasteiger partial charge >= 0.3 is 0 Å². The molecule has 4 rings (SSSR count). The maximum atomic E-state index is 13.3. The highest BCUT2D eigenvalue weighted by atomic mass is 35.5. The van der Waals surface area contributed by atoms with Crippen LogP contribution in [0.5, 0.6) is 0 Å². The Hall–Kier alpha value is -2.42. The van der Waals surface area contributed by atoms with Gasteiger partial charge < -0.3 is 9.88 Å². The van der Waals surface area contributed by atoms with E-state index in [-0.39, 0.29) is 27.4 Å². The zero-order valence-corrected chi connectivity index (χ0v) is 20.5. The number of aryl methyl sites for hydroxylation is 1. The predicted octanol–water partition coefficient (Wildman–Crippen LogP) is 4.77. The molecule has 1 fully saturated rings. The highest BCUT2D eigenvalue weighted by Gasteiger charge is 2.28. The molecule has 0 radical (unpaired) electrons. The number of sulfonamides is 1. The van der Waals surface area contributed by atoms with Crippen molar-refractivity contribution in [3.63, 3.8) is 0 Å². The number of carbonyl (C=O) groups is 1. The van der Waals surface area contributed by atoms with Crippen LogP contribution in [-0.4, -0.2) is 41.3 Å². The third kappa shape index (κ3) is 4.78. The molecule has 1 unspecified atom stereocenters. The molecule has 0 spiro atoms. The van der Waals surface area contributed by atoms with Crippen molar-refractivity contribution in [2.45, 2.75) is 57.0 Å². The molecule has 1 saturated heterocycles. The SMILES string of the molecule is CCn1c(C(C)NC(=O)c2ccc(Cl)c(S(=O)(=O)N3CCCCCC3)c2)nc2ccccc21. The van der Waals surface area contributed by atoms with Crippen LogP contribution in [0.1, 0.15) is 61.8 Å². The summed E-state index contributed by atoms with van der Waals surface area (Å²) in [6.07, 6.45) is 3.69. The molecule has 2 aromatic carbocycles. The van der Waals surface area contributed by atoms with Gasteiger partial charge in [-0.05, 0) is 57.0 Å². The molecule has 0 bridgehead atoms. The normalized spacial score (nSPS) is 16.5. The number of benzene rings is 2. The van der Waals surface area contributed by atoms with E-state index in [0.29, 0.717) is 13.1 Å². The van der Waals surface area contributed by atoms with Gasteiger partial charge in [0, 0.05) is 25.2 Å². The number of fused-ring (bicyclic) bond motifs is 1. The second-order valence-corrected chi connectivity index (χ2v) is 10.7. The lowest BCUT2D eigenvalue weighted by Gasteiger charge is -2.21. The largest absolute Gasteiger partial charge is 0.342 e. The van der Waals surface area contributed by atoms with Crippen molar-refractivity contribution in [1.82, 2.24) is 19.2 Å². The zero-order chi connectivity index (χ0) is 23.6. The first-order valence-electron chi connectivity index (χ1n) is 11.4. The Kier molecular flexibility index (Phi) is 7.07. The number of nitrogens with one attached hydrogen (secondary N) is 1. The summed E-state index contributed by atoms with van der Waals surface area (Å²) < 4.78 is 30.1. The van der Waals surface area contributed by atoms with Crippen LogP contribution >= 0.6 is 11.6 Å². The van der Waals surface area contributed by atoms with Crippen LogP contribution < -0.4 is 5.32 Å². The number of imidazole rings is 1. The van der Waals surface area contributed by atoms with Crippen LogP contribution in [0, 0.1) is 0 Å². The smallest absolute Gasteiger partial charge is 0.251 e. The van der Waals surface area contributed by atoms with Crippen molar-refractivity contribution in [3.05, 3.63) is 58.9 Å². The van der Waals surface area contributed by atoms with Crippen molar-refractivity contribution in [1.29, 1.82) is 0 Å². The Labute approximate surface area is 199 Å². The lowest BCUT2D eigenvalue weighted by molar-refractivity contribution is 0.0937. The minimum Gasteiger partial charge on any atom is -0.342 e. The van der Waals surface area contributed by atoms with E-state index in [2.05, 4.69) is 9.88 Å². The van der Waals surface area contributed by atoms with Gasteiger partial charge in [0.2, 0.25) is 10.0 Å². The van der Waals surface area contributed by atoms with Crippen molar-refractivity contribution in [2.75, 3.05) is 13.1 Å². The zero-order valence-electron chi connectivity index (χ0n) is 18.9. The molecule has 1 atom stereocenters. The molecule has 0 aliphatic carbocycles. The number of hydrogen-bond acceptors (Lipinski definition) is 4. The number of rotatable bonds is 6. The number of para-hydroxylation sites is 2. The molecular weight excluding hydrogens is 460 g/mol. The standard InChI is InChI=1S/C24H29ClN4O3S/c1-3-29-21-11-7-6-10-20(21)27-23(29)17(2)26-24(30)18-12-13-19(25)22(16-18)33(31,32)28-14-8-4-5-9-15-28/h6-7,10-13,16-17H,3-5,8-9,14-15H2,1-2H3,(H,26,30). The van der Waals surface area contributed by atoms with Gasteiger partial charge in [-0.3, -0.25) is 4.79 Å². The van der Waals surface area contributed by atoms with Gasteiger partial charge in [0.15, 0.2) is 0 Å². The maximum Gasteiger partial charge on any atom is 0.251 e. The third-order valence-corrected chi connectivity index (χ3v) is 8.49. The molecule has 7 nitrogen and oxygen atoms in total. The Morgan fingerprint density at radius 2 is 1.82 bits per heavy atom. The molecule has 1 N–H and O–H groups in total. The van der Waals surface area contributed by atoms with Crippen LogP contribution in [-0.2, 0) is 16.6 Å². The molecule has 2 heterocycles. The molecule has 0 saturated carbocycles. The number of carbonyl (C=O) groups excluding carboxylic acids is 1. The lowest BCUT2D eigenvalue weighted by atomic mass is 10.2. The summed E-state index contributed by atoms with van der Waals surface area (Å²) in [5.41, 5.74) is 2.12. The summed E-state index contributed by atoms with van der Waals surface area (Å²) in [6.45, 7) is 5.56. The summed E-state index contributed by atoms with van der Waals surface area (Å²) in [4.78, 5) is 17.7. The second-order valence-electron chi connectivity index (χ2n) is 8.36. The minimum absolute atomic E-state index is 0.0211. The van der Waals surface area contributed by atoms with Crippen molar-refractivity contribution >= 4 is 38.6 Å². The fraction of sp³-hybridized carbons (Fsp3) is 0.417. The first-order valence-corrected chi connectivity index (χ1v) is 13.2. The van der Waals surface area contributed by atoms with Gasteiger partial charge in [-0.25, -0.2) is 13.4 Å². The molecule has 1 aliphatic heterocycles. The van der Waals surface area contributed by atoms with Crippen LogP contribution in [0.3, 0.4) is 0 Å². The van der Waals surface area contributed by atoms with Crippen LogP contribution in [0.15, 0.2) is 47.4 Å². The molecular formula is C24H29ClN4O3S. The Morgan fingerprint density at radius 1 is 1.12 bits per heavy atom. The Morgan fingerprint density at radius 3 is 2.52 bits per heavy atom. The predicted molar refractivity (Wildman–Crippen MR) is 130 cm³/mol. The summed E-state index contributed by atoms with van der Waals surface area (Å²) in [5.74, 6) is 0.375. The quantitative estimate of drug-likeness (QED) is 0.541. The van der Waals surface area contributed by atoms with Crippen molar-refractivity contribution < 1.29 is 13.2 Å². The second kappa shape index (κ2) is 9.83. The monoisotopic (exact) mass is 488 g/mol. The number of halogens is 1. The molecule has 1 aliphatic rings. The van der Waals surface area contributed by atoms with E-state index in [4.69, 9.17) is 16.6 Å². The van der Waals surface area contributed by atoms with Crippen LogP contribution in [0.25, 0.3) is 11.0 Å². The van der Waals surface area contributed by atoms with E-state index >= 15 is 0 Å². The lowest BCUT2D eigenvalue weighted by Crippen LogP contribution is -2.32. The maximum absolute atomic E-state index is 13.3. The van der Waals surface area contributed by atoms with E-state index in [1.165, 1.54) is 16.4 Å². The van der Waals surface area contributed by atoms with Gasteiger partial charge in [0.05, 0.1) is 22.1 Å². The molecule has 9 heteroatoms.